The number of amides is 1. The zero-order valence-corrected chi connectivity index (χ0v) is 11.1. The fourth-order valence-corrected chi connectivity index (χ4v) is 1.67. The monoisotopic (exact) mass is 233 g/mol. The summed E-state index contributed by atoms with van der Waals surface area (Å²) in [6.07, 6.45) is 1.60. The third kappa shape index (κ3) is 5.53. The SMILES string of the molecule is CC(C)CCC(=O)NCC(C)c1ccccc1. The number of carbonyl (C=O) groups is 1. The Hall–Kier alpha value is -1.31. The fraction of sp³-hybridized carbons (Fsp3) is 0.533. The van der Waals surface area contributed by atoms with Gasteiger partial charge in [-0.15, -0.1) is 0 Å². The molecule has 1 aromatic carbocycles. The van der Waals surface area contributed by atoms with Gasteiger partial charge in [0.15, 0.2) is 0 Å². The minimum atomic E-state index is 0.168. The maximum atomic E-state index is 11.6. The molecule has 0 heterocycles. The van der Waals surface area contributed by atoms with Crippen LogP contribution >= 0.6 is 0 Å². The first-order valence-corrected chi connectivity index (χ1v) is 6.41. The van der Waals surface area contributed by atoms with Crippen LogP contribution in [0.25, 0.3) is 0 Å². The second kappa shape index (κ2) is 7.10. The number of hydrogen-bond acceptors (Lipinski definition) is 1. The molecule has 0 saturated carbocycles. The summed E-state index contributed by atoms with van der Waals surface area (Å²) in [5, 5.41) is 3.00. The second-order valence-electron chi connectivity index (χ2n) is 5.05. The van der Waals surface area contributed by atoms with Crippen molar-refractivity contribution >= 4 is 5.91 Å². The van der Waals surface area contributed by atoms with Crippen LogP contribution in [0.2, 0.25) is 0 Å². The summed E-state index contributed by atoms with van der Waals surface area (Å²) in [6, 6.07) is 10.3. The van der Waals surface area contributed by atoms with Gasteiger partial charge in [-0.05, 0) is 23.8 Å². The first-order chi connectivity index (χ1) is 8.09. The van der Waals surface area contributed by atoms with E-state index >= 15 is 0 Å². The zero-order valence-electron chi connectivity index (χ0n) is 11.1. The molecule has 0 saturated heterocycles. The highest BCUT2D eigenvalue weighted by Gasteiger charge is 2.07. The quantitative estimate of drug-likeness (QED) is 0.802. The molecule has 0 spiro atoms. The van der Waals surface area contributed by atoms with Gasteiger partial charge in [0.1, 0.15) is 0 Å². The molecular formula is C15H23NO. The van der Waals surface area contributed by atoms with Crippen LogP contribution in [-0.4, -0.2) is 12.5 Å². The Morgan fingerprint density at radius 3 is 2.41 bits per heavy atom. The van der Waals surface area contributed by atoms with Crippen molar-refractivity contribution in [1.29, 1.82) is 0 Å². The molecule has 1 amide bonds. The van der Waals surface area contributed by atoms with Gasteiger partial charge >= 0.3 is 0 Å². The van der Waals surface area contributed by atoms with Gasteiger partial charge in [-0.1, -0.05) is 51.1 Å². The Morgan fingerprint density at radius 1 is 1.18 bits per heavy atom. The van der Waals surface area contributed by atoms with E-state index in [0.717, 1.165) is 13.0 Å². The summed E-state index contributed by atoms with van der Waals surface area (Å²) in [5.74, 6) is 1.13. The predicted octanol–water partition coefficient (Wildman–Crippen LogP) is 3.34. The molecule has 0 radical (unpaired) electrons. The molecule has 1 N–H and O–H groups in total. The summed E-state index contributed by atoms with van der Waals surface area (Å²) < 4.78 is 0. The van der Waals surface area contributed by atoms with Gasteiger partial charge in [-0.3, -0.25) is 4.79 Å². The average molecular weight is 233 g/mol. The topological polar surface area (TPSA) is 29.1 Å². The van der Waals surface area contributed by atoms with Crippen LogP contribution in [-0.2, 0) is 4.79 Å². The van der Waals surface area contributed by atoms with Gasteiger partial charge in [0, 0.05) is 13.0 Å². The van der Waals surface area contributed by atoms with Crippen molar-refractivity contribution < 1.29 is 4.79 Å². The highest BCUT2D eigenvalue weighted by atomic mass is 16.1. The standard InChI is InChI=1S/C15H23NO/c1-12(2)9-10-15(17)16-11-13(3)14-7-5-4-6-8-14/h4-8,12-13H,9-11H2,1-3H3,(H,16,17). The van der Waals surface area contributed by atoms with Crippen LogP contribution in [0.15, 0.2) is 30.3 Å². The lowest BCUT2D eigenvalue weighted by Gasteiger charge is -2.13. The molecule has 0 aliphatic rings. The number of carbonyl (C=O) groups excluding carboxylic acids is 1. The second-order valence-corrected chi connectivity index (χ2v) is 5.05. The Balaban J connectivity index is 2.29. The third-order valence-corrected chi connectivity index (χ3v) is 2.92. The van der Waals surface area contributed by atoms with Crippen molar-refractivity contribution in [2.75, 3.05) is 6.54 Å². The van der Waals surface area contributed by atoms with Crippen LogP contribution < -0.4 is 5.32 Å². The highest BCUT2D eigenvalue weighted by molar-refractivity contribution is 5.75. The summed E-state index contributed by atoms with van der Waals surface area (Å²) in [5.41, 5.74) is 1.27. The average Bonchev–Trinajstić information content (AvgIpc) is 2.34. The van der Waals surface area contributed by atoms with E-state index in [1.54, 1.807) is 0 Å². The van der Waals surface area contributed by atoms with Gasteiger partial charge in [0.2, 0.25) is 5.91 Å². The molecule has 0 aromatic heterocycles. The maximum absolute atomic E-state index is 11.6. The third-order valence-electron chi connectivity index (χ3n) is 2.92. The molecule has 1 aromatic rings. The molecule has 0 bridgehead atoms. The minimum Gasteiger partial charge on any atom is -0.356 e. The number of nitrogens with one attached hydrogen (secondary N) is 1. The van der Waals surface area contributed by atoms with Gasteiger partial charge in [-0.2, -0.15) is 0 Å². The lowest BCUT2D eigenvalue weighted by atomic mass is 10.0. The van der Waals surface area contributed by atoms with Crippen LogP contribution in [0.4, 0.5) is 0 Å². The maximum Gasteiger partial charge on any atom is 0.220 e. The lowest BCUT2D eigenvalue weighted by Crippen LogP contribution is -2.27. The molecule has 1 unspecified atom stereocenters. The molecule has 1 rings (SSSR count). The van der Waals surface area contributed by atoms with Crippen LogP contribution in [0, 0.1) is 5.92 Å². The molecule has 1 atom stereocenters. The Morgan fingerprint density at radius 2 is 1.82 bits per heavy atom. The Bertz CT molecular complexity index is 332. The predicted molar refractivity (Wildman–Crippen MR) is 71.9 cm³/mol. The van der Waals surface area contributed by atoms with Crippen molar-refractivity contribution in [3.63, 3.8) is 0 Å². The van der Waals surface area contributed by atoms with Crippen LogP contribution in [0.1, 0.15) is 45.1 Å². The molecule has 0 fully saturated rings. The molecular weight excluding hydrogens is 210 g/mol. The van der Waals surface area contributed by atoms with Crippen LogP contribution in [0.3, 0.4) is 0 Å². The fourth-order valence-electron chi connectivity index (χ4n) is 1.67. The molecule has 94 valence electrons. The van der Waals surface area contributed by atoms with E-state index in [-0.39, 0.29) is 5.91 Å². The lowest BCUT2D eigenvalue weighted by molar-refractivity contribution is -0.121. The number of rotatable bonds is 6. The number of hydrogen-bond donors (Lipinski definition) is 1. The van der Waals surface area contributed by atoms with Gasteiger partial charge < -0.3 is 5.32 Å². The van der Waals surface area contributed by atoms with Crippen molar-refractivity contribution in [1.82, 2.24) is 5.32 Å². The van der Waals surface area contributed by atoms with Crippen molar-refractivity contribution in [3.8, 4) is 0 Å². The zero-order chi connectivity index (χ0) is 12.7. The first kappa shape index (κ1) is 13.8. The van der Waals surface area contributed by atoms with Gasteiger partial charge in [-0.25, -0.2) is 0 Å². The van der Waals surface area contributed by atoms with E-state index in [9.17, 15) is 4.79 Å². The van der Waals surface area contributed by atoms with E-state index in [2.05, 4.69) is 38.2 Å². The van der Waals surface area contributed by atoms with Crippen molar-refractivity contribution in [3.05, 3.63) is 35.9 Å². The minimum absolute atomic E-state index is 0.168. The number of benzene rings is 1. The highest BCUT2D eigenvalue weighted by Crippen LogP contribution is 2.13. The molecule has 2 heteroatoms. The normalized spacial score (nSPS) is 12.5. The van der Waals surface area contributed by atoms with Crippen LogP contribution in [0.5, 0.6) is 0 Å². The summed E-state index contributed by atoms with van der Waals surface area (Å²) in [4.78, 5) is 11.6. The van der Waals surface area contributed by atoms with E-state index in [0.29, 0.717) is 18.3 Å². The molecule has 2 nitrogen and oxygen atoms in total. The molecule has 0 aliphatic carbocycles. The van der Waals surface area contributed by atoms with E-state index in [4.69, 9.17) is 0 Å². The largest absolute Gasteiger partial charge is 0.356 e. The molecule has 17 heavy (non-hydrogen) atoms. The molecule has 0 aliphatic heterocycles. The summed E-state index contributed by atoms with van der Waals surface area (Å²) >= 11 is 0. The van der Waals surface area contributed by atoms with E-state index in [1.165, 1.54) is 5.56 Å². The Labute approximate surface area is 104 Å². The van der Waals surface area contributed by atoms with Gasteiger partial charge in [0.25, 0.3) is 0 Å². The van der Waals surface area contributed by atoms with Crippen molar-refractivity contribution in [2.45, 2.75) is 39.5 Å². The van der Waals surface area contributed by atoms with Crippen molar-refractivity contribution in [2.24, 2.45) is 5.92 Å². The smallest absolute Gasteiger partial charge is 0.220 e. The van der Waals surface area contributed by atoms with E-state index < -0.39 is 0 Å². The van der Waals surface area contributed by atoms with E-state index in [1.807, 2.05) is 18.2 Å². The summed E-state index contributed by atoms with van der Waals surface area (Å²) in [7, 11) is 0. The first-order valence-electron chi connectivity index (χ1n) is 6.41. The summed E-state index contributed by atoms with van der Waals surface area (Å²) in [6.45, 7) is 7.14. The Kier molecular flexibility index (Phi) is 5.75. The van der Waals surface area contributed by atoms with Gasteiger partial charge in [0.05, 0.1) is 0 Å².